The van der Waals surface area contributed by atoms with Crippen molar-refractivity contribution in [1.82, 2.24) is 0 Å². The van der Waals surface area contributed by atoms with E-state index < -0.39 is 4.92 Å². The number of hydrogen-bond donors (Lipinski definition) is 0. The van der Waals surface area contributed by atoms with E-state index >= 15 is 0 Å². The molecule has 5 nitrogen and oxygen atoms in total. The molecule has 0 aliphatic heterocycles. The Morgan fingerprint density at radius 3 is 2.73 bits per heavy atom. The van der Waals surface area contributed by atoms with E-state index in [4.69, 9.17) is 4.74 Å². The van der Waals surface area contributed by atoms with Crippen molar-refractivity contribution < 1.29 is 14.5 Å². The zero-order valence-electron chi connectivity index (χ0n) is 17.1. The molecule has 154 valence electrons. The Morgan fingerprint density at radius 1 is 1.23 bits per heavy atom. The summed E-state index contributed by atoms with van der Waals surface area (Å²) < 4.78 is 5.82. The molecule has 2 fully saturated rings. The molecule has 3 aliphatic carbocycles. The molecule has 30 heavy (non-hydrogen) atoms. The smallest absolute Gasteiger partial charge is 0.314 e. The number of nitro benzene ring substituents is 1. The van der Waals surface area contributed by atoms with Crippen LogP contribution in [0.5, 0.6) is 0 Å². The second-order valence-electron chi connectivity index (χ2n) is 9.14. The van der Waals surface area contributed by atoms with Gasteiger partial charge in [0.15, 0.2) is 0 Å². The summed E-state index contributed by atoms with van der Waals surface area (Å²) in [6.07, 6.45) is 4.17. The standard InChI is InChI=1S/C25H25NO4/c1-15-4-3-5-20-21-11-8-18-13-25(21,12-16(18)2)23(22(15)20)24(27)30-14-17-6-9-19(10-7-17)26(28)29/h3-7,9-10,18,21,23H,2,8,11-14H2,1H3. The van der Waals surface area contributed by atoms with Gasteiger partial charge in [-0.2, -0.15) is 0 Å². The lowest BCUT2D eigenvalue weighted by Gasteiger charge is -2.39. The van der Waals surface area contributed by atoms with Gasteiger partial charge in [-0.15, -0.1) is 0 Å². The second kappa shape index (κ2) is 6.79. The number of aryl methyl sites for hydroxylation is 1. The first-order valence-electron chi connectivity index (χ1n) is 10.6. The number of esters is 1. The predicted octanol–water partition coefficient (Wildman–Crippen LogP) is 5.57. The number of nitrogens with zero attached hydrogens (tertiary/aromatic N) is 1. The summed E-state index contributed by atoms with van der Waals surface area (Å²) in [7, 11) is 0. The van der Waals surface area contributed by atoms with Crippen LogP contribution in [-0.4, -0.2) is 10.9 Å². The summed E-state index contributed by atoms with van der Waals surface area (Å²) in [6, 6.07) is 12.6. The van der Waals surface area contributed by atoms with E-state index in [2.05, 4.69) is 31.7 Å². The molecule has 4 atom stereocenters. The highest BCUT2D eigenvalue weighted by Crippen LogP contribution is 2.70. The lowest BCUT2D eigenvalue weighted by Crippen LogP contribution is -2.35. The average molecular weight is 403 g/mol. The van der Waals surface area contributed by atoms with Crippen molar-refractivity contribution in [3.63, 3.8) is 0 Å². The number of carbonyl (C=O) groups excluding carboxylic acids is 1. The number of carbonyl (C=O) groups is 1. The molecule has 2 aromatic carbocycles. The highest BCUT2D eigenvalue weighted by Gasteiger charge is 2.62. The first kappa shape index (κ1) is 19.0. The molecule has 2 bridgehead atoms. The Hall–Kier alpha value is -2.95. The van der Waals surface area contributed by atoms with Gasteiger partial charge in [-0.3, -0.25) is 14.9 Å². The quantitative estimate of drug-likeness (QED) is 0.289. The molecule has 2 saturated carbocycles. The van der Waals surface area contributed by atoms with Gasteiger partial charge in [0.1, 0.15) is 6.61 Å². The summed E-state index contributed by atoms with van der Waals surface area (Å²) in [5, 5.41) is 10.8. The van der Waals surface area contributed by atoms with Gasteiger partial charge in [-0.25, -0.2) is 0 Å². The SMILES string of the molecule is C=C1CC23CC1CCC2c1cccc(C)c1C3C(=O)OCc1ccc([N+](=O)[O-])cc1. The van der Waals surface area contributed by atoms with Gasteiger partial charge in [-0.05, 0) is 84.2 Å². The topological polar surface area (TPSA) is 69.4 Å². The molecule has 0 heterocycles. The van der Waals surface area contributed by atoms with Crippen molar-refractivity contribution in [2.24, 2.45) is 11.3 Å². The number of fused-ring (bicyclic) bond motifs is 3. The number of rotatable bonds is 4. The molecule has 0 aromatic heterocycles. The van der Waals surface area contributed by atoms with Crippen molar-refractivity contribution >= 4 is 11.7 Å². The Kier molecular flexibility index (Phi) is 4.31. The molecule has 3 aliphatic rings. The summed E-state index contributed by atoms with van der Waals surface area (Å²) >= 11 is 0. The minimum Gasteiger partial charge on any atom is -0.460 e. The number of allylic oxidation sites excluding steroid dienone is 1. The molecular formula is C25H25NO4. The summed E-state index contributed by atoms with van der Waals surface area (Å²) in [5.74, 6) is 0.459. The molecule has 0 radical (unpaired) electrons. The maximum absolute atomic E-state index is 13.5. The van der Waals surface area contributed by atoms with E-state index in [-0.39, 0.29) is 29.6 Å². The maximum atomic E-state index is 13.5. The lowest BCUT2D eigenvalue weighted by atomic mass is 9.64. The molecule has 2 aromatic rings. The van der Waals surface area contributed by atoms with E-state index in [0.29, 0.717) is 11.8 Å². The summed E-state index contributed by atoms with van der Waals surface area (Å²) in [5.41, 5.74) is 5.60. The minimum atomic E-state index is -0.431. The van der Waals surface area contributed by atoms with Crippen LogP contribution in [-0.2, 0) is 16.1 Å². The molecule has 0 saturated heterocycles. The third-order valence-corrected chi connectivity index (χ3v) is 7.62. The van der Waals surface area contributed by atoms with Crippen LogP contribution in [0, 0.1) is 28.4 Å². The van der Waals surface area contributed by atoms with E-state index in [1.54, 1.807) is 12.1 Å². The van der Waals surface area contributed by atoms with E-state index in [9.17, 15) is 14.9 Å². The van der Waals surface area contributed by atoms with Gasteiger partial charge in [0.05, 0.1) is 10.8 Å². The van der Waals surface area contributed by atoms with Crippen LogP contribution in [0.2, 0.25) is 0 Å². The number of benzene rings is 2. The van der Waals surface area contributed by atoms with Gasteiger partial charge >= 0.3 is 5.97 Å². The first-order valence-corrected chi connectivity index (χ1v) is 10.6. The van der Waals surface area contributed by atoms with Crippen molar-refractivity contribution in [2.75, 3.05) is 0 Å². The van der Waals surface area contributed by atoms with Gasteiger partial charge in [0, 0.05) is 12.1 Å². The fraction of sp³-hybridized carbons (Fsp3) is 0.400. The fourth-order valence-electron chi connectivity index (χ4n) is 6.35. The fourth-order valence-corrected chi connectivity index (χ4v) is 6.35. The first-order chi connectivity index (χ1) is 14.4. The third-order valence-electron chi connectivity index (χ3n) is 7.62. The second-order valence-corrected chi connectivity index (χ2v) is 9.14. The van der Waals surface area contributed by atoms with Crippen molar-refractivity contribution in [2.45, 2.75) is 51.0 Å². The molecular weight excluding hydrogens is 378 g/mol. The monoisotopic (exact) mass is 403 g/mol. The Balaban J connectivity index is 1.45. The van der Waals surface area contributed by atoms with Crippen molar-refractivity contribution in [3.05, 3.63) is 87.0 Å². The van der Waals surface area contributed by atoms with Crippen molar-refractivity contribution in [3.8, 4) is 0 Å². The van der Waals surface area contributed by atoms with Crippen LogP contribution in [0.25, 0.3) is 0 Å². The van der Waals surface area contributed by atoms with Crippen LogP contribution >= 0.6 is 0 Å². The van der Waals surface area contributed by atoms with E-state index in [1.165, 1.54) is 23.3 Å². The normalized spacial score (nSPS) is 28.7. The largest absolute Gasteiger partial charge is 0.460 e. The van der Waals surface area contributed by atoms with Crippen molar-refractivity contribution in [1.29, 1.82) is 0 Å². The zero-order valence-corrected chi connectivity index (χ0v) is 17.1. The van der Waals surface area contributed by atoms with E-state index in [1.807, 2.05) is 0 Å². The molecule has 5 heteroatoms. The molecule has 4 unspecified atom stereocenters. The maximum Gasteiger partial charge on any atom is 0.314 e. The van der Waals surface area contributed by atoms with Crippen LogP contribution in [0.15, 0.2) is 54.6 Å². The van der Waals surface area contributed by atoms with Crippen LogP contribution in [0.1, 0.15) is 59.8 Å². The number of nitro groups is 1. The summed E-state index contributed by atoms with van der Waals surface area (Å²) in [6.45, 7) is 6.55. The Morgan fingerprint density at radius 2 is 2.00 bits per heavy atom. The number of non-ortho nitro benzene ring substituents is 1. The molecule has 0 amide bonds. The lowest BCUT2D eigenvalue weighted by molar-refractivity contribution is -0.384. The molecule has 1 spiro atoms. The van der Waals surface area contributed by atoms with E-state index in [0.717, 1.165) is 42.4 Å². The number of hydrogen-bond acceptors (Lipinski definition) is 4. The zero-order chi connectivity index (χ0) is 21.0. The third kappa shape index (κ3) is 2.72. The minimum absolute atomic E-state index is 0.0323. The number of ether oxygens (including phenoxy) is 1. The highest BCUT2D eigenvalue weighted by molar-refractivity contribution is 5.83. The Bertz CT molecular complexity index is 1060. The predicted molar refractivity (Wildman–Crippen MR) is 113 cm³/mol. The van der Waals surface area contributed by atoms with Gasteiger partial charge < -0.3 is 4.74 Å². The highest BCUT2D eigenvalue weighted by atomic mass is 16.6. The molecule has 5 rings (SSSR count). The molecule has 0 N–H and O–H groups in total. The van der Waals surface area contributed by atoms with Crippen LogP contribution < -0.4 is 0 Å². The Labute approximate surface area is 175 Å². The van der Waals surface area contributed by atoms with Crippen LogP contribution in [0.4, 0.5) is 5.69 Å². The average Bonchev–Trinajstić information content (AvgIpc) is 3.16. The summed E-state index contributed by atoms with van der Waals surface area (Å²) in [4.78, 5) is 23.9. The van der Waals surface area contributed by atoms with Gasteiger partial charge in [0.2, 0.25) is 0 Å². The van der Waals surface area contributed by atoms with Gasteiger partial charge in [0.25, 0.3) is 5.69 Å². The van der Waals surface area contributed by atoms with Crippen LogP contribution in [0.3, 0.4) is 0 Å². The van der Waals surface area contributed by atoms with Gasteiger partial charge in [-0.1, -0.05) is 30.4 Å².